The maximum Gasteiger partial charge on any atom is 1.00 e. The molecule has 0 aliphatic carbocycles. The minimum absolute atomic E-state index is 0. The van der Waals surface area contributed by atoms with Gasteiger partial charge >= 0.3 is 27.9 Å². The van der Waals surface area contributed by atoms with Crippen LogP contribution in [-0.2, 0) is 32.5 Å². The monoisotopic (exact) mass is 402 g/mol. The smallest absolute Gasteiger partial charge is 0.741 e. The molecule has 0 N–H and O–H groups in total. The van der Waals surface area contributed by atoms with Gasteiger partial charge in [0.15, 0.2) is 10.1 Å². The molecule has 0 radical (unpaired) electrons. The molecule has 0 aromatic rings. The van der Waals surface area contributed by atoms with Gasteiger partial charge in [0, 0.05) is 0 Å². The first kappa shape index (κ1) is 23.9. The minimum atomic E-state index is -6.09. The molecule has 116 valence electrons. The number of hydrogen-bond acceptors (Lipinski definition) is 3. The van der Waals surface area contributed by atoms with Gasteiger partial charge in [-0.05, 0) is 25.2 Å². The van der Waals surface area contributed by atoms with Gasteiger partial charge in [-0.15, -0.1) is 8.58 Å². The van der Waals surface area contributed by atoms with E-state index in [0.29, 0.717) is 0 Å². The Kier molecular flexibility index (Phi) is 17.1. The Morgan fingerprint density at radius 3 is 1.50 bits per heavy atom. The van der Waals surface area contributed by atoms with Crippen LogP contribution in [0, 0.1) is 0 Å². The second-order valence-electron chi connectivity index (χ2n) is 3.36. The van der Waals surface area contributed by atoms with Crippen molar-refractivity contribution >= 4 is 18.7 Å². The molecular formula is C9H19AgF3O3PS. The van der Waals surface area contributed by atoms with Gasteiger partial charge in [-0.3, -0.25) is 0 Å². The van der Waals surface area contributed by atoms with E-state index in [1.165, 1.54) is 46.6 Å². The summed E-state index contributed by atoms with van der Waals surface area (Å²) >= 11 is 0. The molecule has 0 saturated heterocycles. The number of unbranched alkanes of at least 4 members (excludes halogenated alkanes) is 2. The molecule has 0 aromatic carbocycles. The predicted octanol–water partition coefficient (Wildman–Crippen LogP) is 3.31. The van der Waals surface area contributed by atoms with Crippen LogP contribution < -0.4 is 0 Å². The summed E-state index contributed by atoms with van der Waals surface area (Å²) in [5.41, 5.74) is -5.65. The number of rotatable bonds is 6. The summed E-state index contributed by atoms with van der Waals surface area (Å²) in [7, 11) is -4.84. The van der Waals surface area contributed by atoms with Crippen LogP contribution in [0.3, 0.4) is 0 Å². The van der Waals surface area contributed by atoms with Crippen molar-refractivity contribution in [3.8, 4) is 0 Å². The molecule has 0 bridgehead atoms. The number of halogens is 3. The Labute approximate surface area is 124 Å². The fourth-order valence-electron chi connectivity index (χ4n) is 0.729. The molecule has 0 aromatic heterocycles. The fourth-order valence-corrected chi connectivity index (χ4v) is 2.19. The summed E-state index contributed by atoms with van der Waals surface area (Å²) in [6.07, 6.45) is 8.61. The molecule has 0 aliphatic rings. The van der Waals surface area contributed by atoms with Gasteiger partial charge < -0.3 is 4.55 Å². The summed E-state index contributed by atoms with van der Waals surface area (Å²) in [4.78, 5) is 0. The van der Waals surface area contributed by atoms with Crippen molar-refractivity contribution in [1.82, 2.24) is 0 Å². The van der Waals surface area contributed by atoms with E-state index in [4.69, 9.17) is 13.0 Å². The summed E-state index contributed by atoms with van der Waals surface area (Å²) in [5, 5.41) is 0. The van der Waals surface area contributed by atoms with Crippen molar-refractivity contribution in [3.63, 3.8) is 0 Å². The van der Waals surface area contributed by atoms with Crippen LogP contribution >= 0.6 is 8.58 Å². The van der Waals surface area contributed by atoms with Crippen LogP contribution in [0.5, 0.6) is 0 Å². The number of hydrogen-bond donors (Lipinski definition) is 0. The maximum absolute atomic E-state index is 10.7. The van der Waals surface area contributed by atoms with Gasteiger partial charge in [0.25, 0.3) is 0 Å². The zero-order chi connectivity index (χ0) is 13.9. The van der Waals surface area contributed by atoms with Gasteiger partial charge in [-0.1, -0.05) is 26.7 Å². The van der Waals surface area contributed by atoms with Crippen molar-refractivity contribution in [1.29, 1.82) is 0 Å². The summed E-state index contributed by atoms with van der Waals surface area (Å²) in [6, 6.07) is 0. The van der Waals surface area contributed by atoms with E-state index in [1.807, 2.05) is 0 Å². The van der Waals surface area contributed by atoms with Crippen molar-refractivity contribution in [2.75, 3.05) is 12.3 Å². The molecule has 0 amide bonds. The molecule has 0 heterocycles. The van der Waals surface area contributed by atoms with Crippen LogP contribution in [0.4, 0.5) is 13.2 Å². The van der Waals surface area contributed by atoms with Crippen LogP contribution in [0.25, 0.3) is 0 Å². The van der Waals surface area contributed by atoms with Crippen LogP contribution in [0.2, 0.25) is 0 Å². The first-order valence-corrected chi connectivity index (χ1v) is 8.21. The van der Waals surface area contributed by atoms with Gasteiger partial charge in [-0.2, -0.15) is 13.2 Å². The molecule has 0 fully saturated rings. The van der Waals surface area contributed by atoms with Crippen molar-refractivity contribution in [2.45, 2.75) is 45.0 Å². The summed E-state index contributed by atoms with van der Waals surface area (Å²) < 4.78 is 58.9. The quantitative estimate of drug-likeness (QED) is 0.225. The molecule has 18 heavy (non-hydrogen) atoms. The zero-order valence-electron chi connectivity index (χ0n) is 10.3. The molecule has 3 nitrogen and oxygen atoms in total. The Bertz CT molecular complexity index is 265. The second kappa shape index (κ2) is 12.9. The molecule has 0 rings (SSSR count). The van der Waals surface area contributed by atoms with Crippen molar-refractivity contribution in [2.24, 2.45) is 0 Å². The SMILES string of the molecule is CCCCPCCCC.O=S(=O)([O-])C(F)(F)F.[Ag+]. The van der Waals surface area contributed by atoms with Crippen molar-refractivity contribution in [3.05, 3.63) is 0 Å². The van der Waals surface area contributed by atoms with Crippen molar-refractivity contribution < 1.29 is 48.5 Å². The first-order valence-electron chi connectivity index (χ1n) is 5.39. The molecule has 0 aliphatic heterocycles. The van der Waals surface area contributed by atoms with Crippen LogP contribution in [0.15, 0.2) is 0 Å². The molecule has 0 spiro atoms. The van der Waals surface area contributed by atoms with Crippen LogP contribution in [0.1, 0.15) is 39.5 Å². The summed E-state index contributed by atoms with van der Waals surface area (Å²) in [6.45, 7) is 4.54. The fraction of sp³-hybridized carbons (Fsp3) is 1.00. The van der Waals surface area contributed by atoms with Crippen LogP contribution in [-0.4, -0.2) is 30.8 Å². The molecular weight excluding hydrogens is 384 g/mol. The Morgan fingerprint density at radius 1 is 1.06 bits per heavy atom. The normalized spacial score (nSPS) is 11.2. The first-order chi connectivity index (χ1) is 7.66. The second-order valence-corrected chi connectivity index (χ2v) is 6.23. The standard InChI is InChI=1S/C8H19P.CHF3O3S.Ag/c1-3-5-7-9-8-6-4-2;2-1(3,4)8(5,6)7;/h9H,3-8H2,1-2H3;(H,5,6,7);/q;;+1/p-1. The molecule has 0 saturated carbocycles. The topological polar surface area (TPSA) is 57.2 Å². The Morgan fingerprint density at radius 2 is 1.33 bits per heavy atom. The molecule has 9 heteroatoms. The van der Waals surface area contributed by atoms with E-state index < -0.39 is 15.6 Å². The Hall–Kier alpha value is 0.870. The third kappa shape index (κ3) is 16.9. The predicted molar refractivity (Wildman–Crippen MR) is 63.6 cm³/mol. The van der Waals surface area contributed by atoms with E-state index in [-0.39, 0.29) is 22.4 Å². The third-order valence-corrected chi connectivity index (χ3v) is 3.68. The van der Waals surface area contributed by atoms with E-state index in [1.54, 1.807) is 0 Å². The average Bonchev–Trinajstić information content (AvgIpc) is 2.15. The number of alkyl halides is 3. The van der Waals surface area contributed by atoms with Gasteiger partial charge in [-0.25, -0.2) is 8.42 Å². The van der Waals surface area contributed by atoms with Gasteiger partial charge in [0.05, 0.1) is 0 Å². The van der Waals surface area contributed by atoms with E-state index in [2.05, 4.69) is 13.8 Å². The minimum Gasteiger partial charge on any atom is -0.741 e. The van der Waals surface area contributed by atoms with Gasteiger partial charge in [0.2, 0.25) is 0 Å². The average molecular weight is 403 g/mol. The summed E-state index contributed by atoms with van der Waals surface area (Å²) in [5.74, 6) is 0. The Balaban J connectivity index is -0.000000238. The zero-order valence-corrected chi connectivity index (χ0v) is 13.6. The third-order valence-electron chi connectivity index (χ3n) is 1.70. The van der Waals surface area contributed by atoms with E-state index >= 15 is 0 Å². The van der Waals surface area contributed by atoms with E-state index in [9.17, 15) is 13.2 Å². The largest absolute Gasteiger partial charge is 1.00 e. The maximum atomic E-state index is 10.7. The van der Waals surface area contributed by atoms with E-state index in [0.717, 1.165) is 0 Å². The molecule has 0 unspecified atom stereocenters. The molecule has 0 atom stereocenters. The van der Waals surface area contributed by atoms with Gasteiger partial charge in [0.1, 0.15) is 0 Å².